The van der Waals surface area contributed by atoms with Crippen LogP contribution >= 0.6 is 11.6 Å². The number of piperidine rings is 1. The number of fused-ring (bicyclic) bond motifs is 1. The molecule has 8 heteroatoms. The van der Waals surface area contributed by atoms with Gasteiger partial charge in [-0.2, -0.15) is 4.31 Å². The number of sulfonamides is 1. The number of hydrogen-bond donors (Lipinski definition) is 1. The van der Waals surface area contributed by atoms with Crippen molar-refractivity contribution in [2.45, 2.75) is 43.7 Å². The first-order valence-electron chi connectivity index (χ1n) is 10.5. The number of hydrogen-bond acceptors (Lipinski definition) is 3. The molecule has 0 saturated carbocycles. The largest absolute Gasteiger partial charge is 0.350 e. The predicted octanol–water partition coefficient (Wildman–Crippen LogP) is 4.35. The molecule has 1 atom stereocenters. The Morgan fingerprint density at radius 1 is 1.06 bits per heavy atom. The fourth-order valence-corrected chi connectivity index (χ4v) is 5.64. The van der Waals surface area contributed by atoms with E-state index < -0.39 is 16.1 Å². The van der Waals surface area contributed by atoms with E-state index in [1.165, 1.54) is 0 Å². The second-order valence-corrected chi connectivity index (χ2v) is 10.3. The second-order valence-electron chi connectivity index (χ2n) is 7.93. The standard InChI is InChI=1S/C23H26ClN3O3S/c1-17(23(28)25-16-18-5-7-20(24)8-6-18)27-14-11-19-15-21(9-10-22(19)27)31(29,30)26-12-3-2-4-13-26/h5-11,14-15,17H,2-4,12-13,16H2,1H3,(H,25,28)/t17-/m0/s1. The number of benzene rings is 2. The molecule has 2 aromatic carbocycles. The third-order valence-electron chi connectivity index (χ3n) is 5.82. The van der Waals surface area contributed by atoms with E-state index in [1.54, 1.807) is 34.6 Å². The van der Waals surface area contributed by atoms with Crippen LogP contribution in [0.25, 0.3) is 10.9 Å². The van der Waals surface area contributed by atoms with E-state index in [2.05, 4.69) is 5.32 Å². The minimum atomic E-state index is -3.49. The Balaban J connectivity index is 1.50. The molecule has 0 aliphatic carbocycles. The molecule has 2 heterocycles. The normalized spacial score (nSPS) is 16.3. The van der Waals surface area contributed by atoms with Crippen molar-refractivity contribution in [2.24, 2.45) is 0 Å². The zero-order valence-corrected chi connectivity index (χ0v) is 19.0. The van der Waals surface area contributed by atoms with E-state index in [9.17, 15) is 13.2 Å². The quantitative estimate of drug-likeness (QED) is 0.595. The van der Waals surface area contributed by atoms with Crippen molar-refractivity contribution in [3.8, 4) is 0 Å². The number of halogens is 1. The number of rotatable bonds is 6. The highest BCUT2D eigenvalue weighted by molar-refractivity contribution is 7.89. The maximum absolute atomic E-state index is 13.0. The molecule has 1 N–H and O–H groups in total. The fourth-order valence-electron chi connectivity index (χ4n) is 3.96. The number of carbonyl (C=O) groups is 1. The molecular weight excluding hydrogens is 434 g/mol. The van der Waals surface area contributed by atoms with E-state index in [0.29, 0.717) is 29.6 Å². The Bertz CT molecular complexity index is 1180. The van der Waals surface area contributed by atoms with E-state index in [4.69, 9.17) is 11.6 Å². The lowest BCUT2D eigenvalue weighted by Gasteiger charge is -2.26. The van der Waals surface area contributed by atoms with Crippen molar-refractivity contribution in [3.05, 3.63) is 65.3 Å². The van der Waals surface area contributed by atoms with Crippen molar-refractivity contribution in [1.82, 2.24) is 14.2 Å². The zero-order valence-electron chi connectivity index (χ0n) is 17.4. The van der Waals surface area contributed by atoms with Gasteiger partial charge in [-0.05, 0) is 61.7 Å². The lowest BCUT2D eigenvalue weighted by atomic mass is 10.2. The number of amides is 1. The third-order valence-corrected chi connectivity index (χ3v) is 7.97. The van der Waals surface area contributed by atoms with Crippen LogP contribution in [0.4, 0.5) is 0 Å². The summed E-state index contributed by atoms with van der Waals surface area (Å²) in [5, 5.41) is 4.40. The SMILES string of the molecule is C[C@@H](C(=O)NCc1ccc(Cl)cc1)n1ccc2cc(S(=O)(=O)N3CCCCC3)ccc21. The summed E-state index contributed by atoms with van der Waals surface area (Å²) in [4.78, 5) is 13.0. The predicted molar refractivity (Wildman–Crippen MR) is 123 cm³/mol. The summed E-state index contributed by atoms with van der Waals surface area (Å²) in [6.45, 7) is 3.39. The highest BCUT2D eigenvalue weighted by Gasteiger charge is 2.26. The van der Waals surface area contributed by atoms with E-state index in [1.807, 2.05) is 35.9 Å². The molecule has 31 heavy (non-hydrogen) atoms. The average molecular weight is 460 g/mol. The monoisotopic (exact) mass is 459 g/mol. The summed E-state index contributed by atoms with van der Waals surface area (Å²) in [5.41, 5.74) is 1.79. The van der Waals surface area contributed by atoms with Gasteiger partial charge in [-0.15, -0.1) is 0 Å². The summed E-state index contributed by atoms with van der Waals surface area (Å²) in [6.07, 6.45) is 4.71. The van der Waals surface area contributed by atoms with Crippen LogP contribution < -0.4 is 5.32 Å². The molecule has 1 amide bonds. The van der Waals surface area contributed by atoms with Gasteiger partial charge >= 0.3 is 0 Å². The van der Waals surface area contributed by atoms with Crippen molar-refractivity contribution < 1.29 is 13.2 Å². The number of carbonyl (C=O) groups excluding carboxylic acids is 1. The zero-order chi connectivity index (χ0) is 22.0. The molecule has 1 fully saturated rings. The summed E-state index contributed by atoms with van der Waals surface area (Å²) >= 11 is 5.90. The van der Waals surface area contributed by atoms with Gasteiger partial charge in [0.05, 0.1) is 4.90 Å². The lowest BCUT2D eigenvalue weighted by Crippen LogP contribution is -2.35. The van der Waals surface area contributed by atoms with Crippen LogP contribution in [0.3, 0.4) is 0 Å². The van der Waals surface area contributed by atoms with E-state index in [0.717, 1.165) is 35.7 Å². The molecule has 0 spiro atoms. The molecule has 4 rings (SSSR count). The summed E-state index contributed by atoms with van der Waals surface area (Å²) in [6, 6.07) is 13.9. The third kappa shape index (κ3) is 4.63. The molecule has 6 nitrogen and oxygen atoms in total. The molecule has 1 saturated heterocycles. The maximum Gasteiger partial charge on any atom is 0.243 e. The van der Waals surface area contributed by atoms with Crippen LogP contribution in [0.5, 0.6) is 0 Å². The number of nitrogens with zero attached hydrogens (tertiary/aromatic N) is 2. The number of nitrogens with one attached hydrogen (secondary N) is 1. The molecule has 3 aromatic rings. The Hall–Kier alpha value is -2.35. The molecule has 1 aliphatic rings. The highest BCUT2D eigenvalue weighted by atomic mass is 35.5. The van der Waals surface area contributed by atoms with Crippen molar-refractivity contribution in [1.29, 1.82) is 0 Å². The Morgan fingerprint density at radius 2 is 1.77 bits per heavy atom. The summed E-state index contributed by atoms with van der Waals surface area (Å²) in [7, 11) is -3.49. The molecule has 0 bridgehead atoms. The van der Waals surface area contributed by atoms with Crippen LogP contribution in [-0.2, 0) is 21.4 Å². The first-order chi connectivity index (χ1) is 14.9. The molecule has 1 aliphatic heterocycles. The van der Waals surface area contributed by atoms with Crippen molar-refractivity contribution in [3.63, 3.8) is 0 Å². The van der Waals surface area contributed by atoms with Gasteiger partial charge in [0.2, 0.25) is 15.9 Å². The van der Waals surface area contributed by atoms with E-state index in [-0.39, 0.29) is 5.91 Å². The van der Waals surface area contributed by atoms with Crippen LogP contribution in [0.2, 0.25) is 5.02 Å². The minimum Gasteiger partial charge on any atom is -0.350 e. The summed E-state index contributed by atoms with van der Waals surface area (Å²) in [5.74, 6) is -0.113. The van der Waals surface area contributed by atoms with Crippen LogP contribution in [0, 0.1) is 0 Å². The molecule has 164 valence electrons. The van der Waals surface area contributed by atoms with Crippen molar-refractivity contribution in [2.75, 3.05) is 13.1 Å². The van der Waals surface area contributed by atoms with Gasteiger partial charge in [0.1, 0.15) is 6.04 Å². The van der Waals surface area contributed by atoms with Gasteiger partial charge < -0.3 is 9.88 Å². The highest BCUT2D eigenvalue weighted by Crippen LogP contribution is 2.26. The fraction of sp³-hybridized carbons (Fsp3) is 0.348. The van der Waals surface area contributed by atoms with Gasteiger partial charge in [-0.3, -0.25) is 4.79 Å². The summed E-state index contributed by atoms with van der Waals surface area (Å²) < 4.78 is 29.4. The van der Waals surface area contributed by atoms with Gasteiger partial charge in [-0.25, -0.2) is 8.42 Å². The minimum absolute atomic E-state index is 0.113. The second kappa shape index (κ2) is 9.02. The topological polar surface area (TPSA) is 71.4 Å². The molecule has 0 radical (unpaired) electrons. The maximum atomic E-state index is 13.0. The van der Waals surface area contributed by atoms with Gasteiger partial charge in [-0.1, -0.05) is 30.2 Å². The Morgan fingerprint density at radius 3 is 2.48 bits per heavy atom. The van der Waals surface area contributed by atoms with Gasteiger partial charge in [0.25, 0.3) is 0 Å². The molecule has 1 aromatic heterocycles. The van der Waals surface area contributed by atoms with Crippen molar-refractivity contribution >= 4 is 38.4 Å². The van der Waals surface area contributed by atoms with Crippen LogP contribution in [-0.4, -0.2) is 36.3 Å². The van der Waals surface area contributed by atoms with Gasteiger partial charge in [0, 0.05) is 41.8 Å². The number of aromatic nitrogens is 1. The van der Waals surface area contributed by atoms with Gasteiger partial charge in [0.15, 0.2) is 0 Å². The van der Waals surface area contributed by atoms with Crippen LogP contribution in [0.1, 0.15) is 37.8 Å². The Kier molecular flexibility index (Phi) is 6.36. The molecular formula is C23H26ClN3O3S. The average Bonchev–Trinajstić information content (AvgIpc) is 3.22. The smallest absolute Gasteiger partial charge is 0.243 e. The van der Waals surface area contributed by atoms with Crippen LogP contribution in [0.15, 0.2) is 59.6 Å². The first kappa shape index (κ1) is 21.9. The van der Waals surface area contributed by atoms with E-state index >= 15 is 0 Å². The first-order valence-corrected chi connectivity index (χ1v) is 12.3. The molecule has 0 unspecified atom stereocenters. The lowest BCUT2D eigenvalue weighted by molar-refractivity contribution is -0.123. The Labute approximate surface area is 187 Å².